The van der Waals surface area contributed by atoms with E-state index in [0.29, 0.717) is 12.5 Å². The van der Waals surface area contributed by atoms with E-state index in [-0.39, 0.29) is 0 Å². The number of anilines is 1. The molecular weight excluding hydrogens is 354 g/mol. The van der Waals surface area contributed by atoms with E-state index in [0.717, 1.165) is 62.1 Å². The Morgan fingerprint density at radius 3 is 2.71 bits per heavy atom. The lowest BCUT2D eigenvalue weighted by atomic mass is 9.95. The lowest BCUT2D eigenvalue weighted by Gasteiger charge is -2.33. The maximum Gasteiger partial charge on any atom is 0.154 e. The van der Waals surface area contributed by atoms with Crippen molar-refractivity contribution in [1.29, 1.82) is 0 Å². The third kappa shape index (κ3) is 3.74. The standard InChI is InChI=1S/C19H27N9/c1-4-5-16-10-21-14(2)23-18(16)27-8-6-15(7-9-27)19-25-24-17(26(19)3)11-28-13-20-12-22-28/h10,12-13,15H,4-9,11H2,1-3H3. The van der Waals surface area contributed by atoms with E-state index in [4.69, 9.17) is 4.98 Å². The molecule has 3 aromatic rings. The van der Waals surface area contributed by atoms with Gasteiger partial charge in [0.2, 0.25) is 0 Å². The number of piperidine rings is 1. The van der Waals surface area contributed by atoms with Gasteiger partial charge in [0.1, 0.15) is 36.7 Å². The Morgan fingerprint density at radius 2 is 2.00 bits per heavy atom. The third-order valence-electron chi connectivity index (χ3n) is 5.41. The maximum atomic E-state index is 4.74. The normalized spacial score (nSPS) is 15.3. The summed E-state index contributed by atoms with van der Waals surface area (Å²) in [6.07, 6.45) is 9.44. The minimum atomic E-state index is 0.413. The molecule has 9 heteroatoms. The van der Waals surface area contributed by atoms with Crippen molar-refractivity contribution < 1.29 is 0 Å². The molecule has 1 fully saturated rings. The van der Waals surface area contributed by atoms with Crippen LogP contribution in [0.1, 0.15) is 55.1 Å². The minimum Gasteiger partial charge on any atom is -0.356 e. The second kappa shape index (κ2) is 8.04. The molecule has 0 spiro atoms. The summed E-state index contributed by atoms with van der Waals surface area (Å²) in [6, 6.07) is 0. The summed E-state index contributed by atoms with van der Waals surface area (Å²) in [5.74, 6) is 4.32. The van der Waals surface area contributed by atoms with Crippen molar-refractivity contribution in [2.24, 2.45) is 7.05 Å². The quantitative estimate of drug-likeness (QED) is 0.644. The van der Waals surface area contributed by atoms with Gasteiger partial charge in [-0.25, -0.2) is 19.6 Å². The zero-order chi connectivity index (χ0) is 19.5. The van der Waals surface area contributed by atoms with Gasteiger partial charge in [-0.2, -0.15) is 5.10 Å². The van der Waals surface area contributed by atoms with E-state index in [1.54, 1.807) is 11.0 Å². The van der Waals surface area contributed by atoms with Gasteiger partial charge < -0.3 is 9.47 Å². The van der Waals surface area contributed by atoms with E-state index in [9.17, 15) is 0 Å². The second-order valence-electron chi connectivity index (χ2n) is 7.40. The van der Waals surface area contributed by atoms with Gasteiger partial charge in [-0.15, -0.1) is 10.2 Å². The summed E-state index contributed by atoms with van der Waals surface area (Å²) < 4.78 is 3.88. The van der Waals surface area contributed by atoms with Crippen LogP contribution >= 0.6 is 0 Å². The Bertz CT molecular complexity index is 908. The zero-order valence-corrected chi connectivity index (χ0v) is 16.8. The molecule has 1 saturated heterocycles. The molecule has 0 aromatic carbocycles. The number of aromatic nitrogens is 8. The van der Waals surface area contributed by atoms with Gasteiger partial charge in [-0.1, -0.05) is 13.3 Å². The van der Waals surface area contributed by atoms with Crippen LogP contribution in [0.4, 0.5) is 5.82 Å². The fraction of sp³-hybridized carbons (Fsp3) is 0.579. The van der Waals surface area contributed by atoms with Gasteiger partial charge in [0, 0.05) is 37.8 Å². The monoisotopic (exact) mass is 381 g/mol. The van der Waals surface area contributed by atoms with E-state index < -0.39 is 0 Å². The molecule has 28 heavy (non-hydrogen) atoms. The lowest BCUT2D eigenvalue weighted by Crippen LogP contribution is -2.35. The molecule has 1 aliphatic heterocycles. The second-order valence-corrected chi connectivity index (χ2v) is 7.40. The predicted molar refractivity (Wildman–Crippen MR) is 105 cm³/mol. The van der Waals surface area contributed by atoms with Crippen LogP contribution in [0.2, 0.25) is 0 Å². The molecule has 4 rings (SSSR count). The molecule has 0 radical (unpaired) electrons. The predicted octanol–water partition coefficient (Wildman–Crippen LogP) is 1.89. The van der Waals surface area contributed by atoms with Crippen LogP contribution in [0.25, 0.3) is 0 Å². The molecule has 148 valence electrons. The maximum absolute atomic E-state index is 4.74. The number of rotatable bonds is 6. The van der Waals surface area contributed by atoms with Gasteiger partial charge in [0.15, 0.2) is 5.82 Å². The fourth-order valence-corrected chi connectivity index (χ4v) is 3.88. The Morgan fingerprint density at radius 1 is 1.18 bits per heavy atom. The highest BCUT2D eigenvalue weighted by Gasteiger charge is 2.27. The summed E-state index contributed by atoms with van der Waals surface area (Å²) in [5.41, 5.74) is 1.25. The highest BCUT2D eigenvalue weighted by molar-refractivity contribution is 5.46. The Kier molecular flexibility index (Phi) is 5.31. The Balaban J connectivity index is 1.45. The molecule has 3 aromatic heterocycles. The number of hydrogen-bond donors (Lipinski definition) is 0. The van der Waals surface area contributed by atoms with Crippen LogP contribution in [0, 0.1) is 6.92 Å². The smallest absolute Gasteiger partial charge is 0.154 e. The van der Waals surface area contributed by atoms with Gasteiger partial charge in [0.05, 0.1) is 0 Å². The van der Waals surface area contributed by atoms with Gasteiger partial charge in [-0.3, -0.25) is 0 Å². The van der Waals surface area contributed by atoms with Crippen molar-refractivity contribution in [3.8, 4) is 0 Å². The molecule has 4 heterocycles. The fourth-order valence-electron chi connectivity index (χ4n) is 3.88. The summed E-state index contributed by atoms with van der Waals surface area (Å²) >= 11 is 0. The molecule has 1 aliphatic rings. The van der Waals surface area contributed by atoms with Crippen LogP contribution in [-0.4, -0.2) is 52.6 Å². The number of aryl methyl sites for hydroxylation is 2. The highest BCUT2D eigenvalue weighted by Crippen LogP contribution is 2.30. The summed E-state index contributed by atoms with van der Waals surface area (Å²) in [5, 5.41) is 13.0. The van der Waals surface area contributed by atoms with Gasteiger partial charge >= 0.3 is 0 Å². The minimum absolute atomic E-state index is 0.413. The summed E-state index contributed by atoms with van der Waals surface area (Å²) in [6.45, 7) is 6.69. The number of hydrogen-bond acceptors (Lipinski definition) is 7. The van der Waals surface area contributed by atoms with Crippen LogP contribution in [0.5, 0.6) is 0 Å². The summed E-state index contributed by atoms with van der Waals surface area (Å²) in [7, 11) is 2.04. The first-order chi connectivity index (χ1) is 13.7. The van der Waals surface area contributed by atoms with Crippen molar-refractivity contribution in [1.82, 2.24) is 39.5 Å². The van der Waals surface area contributed by atoms with E-state index in [2.05, 4.69) is 41.7 Å². The van der Waals surface area contributed by atoms with Crippen molar-refractivity contribution >= 4 is 5.82 Å². The van der Waals surface area contributed by atoms with Crippen LogP contribution < -0.4 is 4.90 Å². The molecule has 0 bridgehead atoms. The first-order valence-corrected chi connectivity index (χ1v) is 9.93. The average Bonchev–Trinajstić information content (AvgIpc) is 3.34. The van der Waals surface area contributed by atoms with E-state index >= 15 is 0 Å². The highest BCUT2D eigenvalue weighted by atomic mass is 15.4. The van der Waals surface area contributed by atoms with Crippen molar-refractivity contribution in [3.63, 3.8) is 0 Å². The van der Waals surface area contributed by atoms with Crippen LogP contribution in [-0.2, 0) is 20.0 Å². The van der Waals surface area contributed by atoms with Gasteiger partial charge in [-0.05, 0) is 26.2 Å². The molecule has 0 amide bonds. The van der Waals surface area contributed by atoms with Crippen LogP contribution in [0.15, 0.2) is 18.9 Å². The Hall–Kier alpha value is -2.84. The lowest BCUT2D eigenvalue weighted by molar-refractivity contribution is 0.468. The van der Waals surface area contributed by atoms with Crippen LogP contribution in [0.3, 0.4) is 0 Å². The molecule has 0 unspecified atom stereocenters. The van der Waals surface area contributed by atoms with E-state index in [1.165, 1.54) is 11.9 Å². The Labute approximate surface area is 164 Å². The first-order valence-electron chi connectivity index (χ1n) is 9.93. The van der Waals surface area contributed by atoms with E-state index in [1.807, 2.05) is 20.2 Å². The molecule has 0 saturated carbocycles. The molecular formula is C19H27N9. The largest absolute Gasteiger partial charge is 0.356 e. The molecule has 9 nitrogen and oxygen atoms in total. The molecule has 0 atom stereocenters. The topological polar surface area (TPSA) is 90.4 Å². The molecule has 0 N–H and O–H groups in total. The first kappa shape index (κ1) is 18.5. The zero-order valence-electron chi connectivity index (χ0n) is 16.8. The SMILES string of the molecule is CCCc1cnc(C)nc1N1CCC(c2nnc(Cn3cncn3)n2C)CC1. The van der Waals surface area contributed by atoms with Crippen molar-refractivity contribution in [2.75, 3.05) is 18.0 Å². The molecule has 0 aliphatic carbocycles. The van der Waals surface area contributed by atoms with Crippen molar-refractivity contribution in [3.05, 3.63) is 41.9 Å². The third-order valence-corrected chi connectivity index (χ3v) is 5.41. The summed E-state index contributed by atoms with van der Waals surface area (Å²) in [4.78, 5) is 15.5. The number of nitrogens with zero attached hydrogens (tertiary/aromatic N) is 9. The average molecular weight is 381 g/mol. The van der Waals surface area contributed by atoms with Crippen molar-refractivity contribution in [2.45, 2.75) is 52.0 Å². The van der Waals surface area contributed by atoms with Gasteiger partial charge in [0.25, 0.3) is 0 Å².